The van der Waals surface area contributed by atoms with Crippen LogP contribution in [0.4, 0.5) is 10.3 Å². The molecule has 6 heteroatoms. The Kier molecular flexibility index (Phi) is 4.96. The molecule has 0 atom stereocenters. The molecule has 0 saturated carbocycles. The molecular formula is C18H17FN4O. The average molecular weight is 324 g/mol. The number of nitrogens with one attached hydrogen (secondary N) is 1. The Labute approximate surface area is 139 Å². The standard InChI is InChI=1S/C18H17FN4O/c1-24-17-8-3-2-5-13(17)9-10-20-18-22-16(12-21-23-18)14-6-4-7-15(19)11-14/h2-8,11-12H,9-10H2,1H3,(H,20,22,23). The van der Waals surface area contributed by atoms with Crippen molar-refractivity contribution in [2.24, 2.45) is 0 Å². The van der Waals surface area contributed by atoms with Crippen LogP contribution in [0.15, 0.2) is 54.7 Å². The predicted octanol–water partition coefficient (Wildman–Crippen LogP) is 3.34. The summed E-state index contributed by atoms with van der Waals surface area (Å²) >= 11 is 0. The Morgan fingerprint density at radius 3 is 2.83 bits per heavy atom. The minimum absolute atomic E-state index is 0.309. The summed E-state index contributed by atoms with van der Waals surface area (Å²) in [6, 6.07) is 14.1. The summed E-state index contributed by atoms with van der Waals surface area (Å²) in [6.07, 6.45) is 2.28. The molecule has 5 nitrogen and oxygen atoms in total. The topological polar surface area (TPSA) is 59.9 Å². The predicted molar refractivity (Wildman–Crippen MR) is 90.4 cm³/mol. The maximum Gasteiger partial charge on any atom is 0.243 e. The van der Waals surface area contributed by atoms with Crippen molar-refractivity contribution < 1.29 is 9.13 Å². The average Bonchev–Trinajstić information content (AvgIpc) is 2.62. The fourth-order valence-corrected chi connectivity index (χ4v) is 2.38. The van der Waals surface area contributed by atoms with Crippen LogP contribution in [0.2, 0.25) is 0 Å². The molecule has 0 aliphatic rings. The maximum atomic E-state index is 13.3. The lowest BCUT2D eigenvalue weighted by Crippen LogP contribution is -2.09. The molecule has 3 rings (SSSR count). The maximum absolute atomic E-state index is 13.3. The van der Waals surface area contributed by atoms with Crippen molar-refractivity contribution in [1.29, 1.82) is 0 Å². The molecule has 24 heavy (non-hydrogen) atoms. The first-order valence-electron chi connectivity index (χ1n) is 7.57. The Bertz CT molecular complexity index is 825. The van der Waals surface area contributed by atoms with Gasteiger partial charge in [0.1, 0.15) is 11.6 Å². The zero-order chi connectivity index (χ0) is 16.8. The van der Waals surface area contributed by atoms with Crippen LogP contribution in [0.3, 0.4) is 0 Å². The lowest BCUT2D eigenvalue weighted by Gasteiger charge is -2.09. The second-order valence-corrected chi connectivity index (χ2v) is 5.16. The molecule has 1 N–H and O–H groups in total. The number of rotatable bonds is 6. The monoisotopic (exact) mass is 324 g/mol. The Morgan fingerprint density at radius 1 is 1.12 bits per heavy atom. The summed E-state index contributed by atoms with van der Waals surface area (Å²) in [5.74, 6) is 0.954. The van der Waals surface area contributed by atoms with Gasteiger partial charge in [0, 0.05) is 12.1 Å². The van der Waals surface area contributed by atoms with Gasteiger partial charge in [-0.3, -0.25) is 0 Å². The van der Waals surface area contributed by atoms with Gasteiger partial charge in [0.15, 0.2) is 0 Å². The third kappa shape index (κ3) is 3.84. The second kappa shape index (κ2) is 7.50. The molecule has 122 valence electrons. The van der Waals surface area contributed by atoms with Crippen molar-refractivity contribution >= 4 is 5.95 Å². The highest BCUT2D eigenvalue weighted by atomic mass is 19.1. The molecule has 0 fully saturated rings. The first-order chi connectivity index (χ1) is 11.8. The van der Waals surface area contributed by atoms with Gasteiger partial charge in [-0.05, 0) is 30.2 Å². The van der Waals surface area contributed by atoms with Crippen LogP contribution in [-0.4, -0.2) is 28.8 Å². The molecule has 0 aliphatic carbocycles. The van der Waals surface area contributed by atoms with Gasteiger partial charge in [-0.1, -0.05) is 30.3 Å². The Balaban J connectivity index is 1.67. The van der Waals surface area contributed by atoms with Crippen molar-refractivity contribution in [3.63, 3.8) is 0 Å². The molecule has 0 unspecified atom stereocenters. The van der Waals surface area contributed by atoms with Crippen molar-refractivity contribution in [3.05, 3.63) is 66.1 Å². The number of hydrogen-bond acceptors (Lipinski definition) is 5. The fraction of sp³-hybridized carbons (Fsp3) is 0.167. The minimum Gasteiger partial charge on any atom is -0.496 e. The van der Waals surface area contributed by atoms with Crippen LogP contribution in [0.25, 0.3) is 11.3 Å². The van der Waals surface area contributed by atoms with E-state index >= 15 is 0 Å². The summed E-state index contributed by atoms with van der Waals surface area (Å²) in [5.41, 5.74) is 2.34. The van der Waals surface area contributed by atoms with E-state index in [0.717, 1.165) is 17.7 Å². The number of aromatic nitrogens is 3. The lowest BCUT2D eigenvalue weighted by molar-refractivity contribution is 0.410. The van der Waals surface area contributed by atoms with E-state index in [4.69, 9.17) is 4.74 Å². The largest absolute Gasteiger partial charge is 0.496 e. The summed E-state index contributed by atoms with van der Waals surface area (Å²) in [7, 11) is 1.65. The van der Waals surface area contributed by atoms with Crippen molar-refractivity contribution in [2.75, 3.05) is 19.0 Å². The van der Waals surface area contributed by atoms with Crippen LogP contribution >= 0.6 is 0 Å². The number of benzene rings is 2. The Hall–Kier alpha value is -3.02. The van der Waals surface area contributed by atoms with Crippen LogP contribution < -0.4 is 10.1 Å². The molecule has 3 aromatic rings. The number of nitrogens with zero attached hydrogens (tertiary/aromatic N) is 3. The first kappa shape index (κ1) is 15.9. The number of halogens is 1. The van der Waals surface area contributed by atoms with Gasteiger partial charge in [0.2, 0.25) is 5.95 Å². The van der Waals surface area contributed by atoms with Gasteiger partial charge in [-0.15, -0.1) is 5.10 Å². The first-order valence-corrected chi connectivity index (χ1v) is 7.57. The van der Waals surface area contributed by atoms with Crippen LogP contribution in [0.5, 0.6) is 5.75 Å². The second-order valence-electron chi connectivity index (χ2n) is 5.16. The molecule has 0 saturated heterocycles. The van der Waals surface area contributed by atoms with E-state index in [0.29, 0.717) is 23.8 Å². The van der Waals surface area contributed by atoms with E-state index < -0.39 is 0 Å². The summed E-state index contributed by atoms with van der Waals surface area (Å²) in [4.78, 5) is 4.38. The molecule has 1 aromatic heterocycles. The number of anilines is 1. The van der Waals surface area contributed by atoms with Crippen molar-refractivity contribution in [2.45, 2.75) is 6.42 Å². The smallest absolute Gasteiger partial charge is 0.243 e. The lowest BCUT2D eigenvalue weighted by atomic mass is 10.1. The Morgan fingerprint density at radius 2 is 2.00 bits per heavy atom. The van der Waals surface area contributed by atoms with Crippen LogP contribution in [0, 0.1) is 5.82 Å². The molecule has 0 radical (unpaired) electrons. The molecule has 1 heterocycles. The van der Waals surface area contributed by atoms with E-state index in [2.05, 4.69) is 20.5 Å². The summed E-state index contributed by atoms with van der Waals surface area (Å²) in [6.45, 7) is 0.634. The third-order valence-electron chi connectivity index (χ3n) is 3.55. The molecule has 0 spiro atoms. The quantitative estimate of drug-likeness (QED) is 0.753. The van der Waals surface area contributed by atoms with E-state index in [9.17, 15) is 4.39 Å². The number of para-hydroxylation sites is 1. The van der Waals surface area contributed by atoms with Gasteiger partial charge < -0.3 is 10.1 Å². The van der Waals surface area contributed by atoms with E-state index in [1.165, 1.54) is 18.3 Å². The van der Waals surface area contributed by atoms with E-state index in [1.54, 1.807) is 19.2 Å². The van der Waals surface area contributed by atoms with E-state index in [1.807, 2.05) is 24.3 Å². The van der Waals surface area contributed by atoms with Gasteiger partial charge in [0.05, 0.1) is 19.0 Å². The summed E-state index contributed by atoms with van der Waals surface area (Å²) in [5, 5.41) is 11.0. The number of methoxy groups -OCH3 is 1. The number of ether oxygens (including phenoxy) is 1. The number of hydrogen-bond donors (Lipinski definition) is 1. The summed E-state index contributed by atoms with van der Waals surface area (Å²) < 4.78 is 18.7. The van der Waals surface area contributed by atoms with Gasteiger partial charge in [-0.2, -0.15) is 5.10 Å². The normalized spacial score (nSPS) is 10.4. The highest BCUT2D eigenvalue weighted by Gasteiger charge is 2.05. The third-order valence-corrected chi connectivity index (χ3v) is 3.55. The minimum atomic E-state index is -0.309. The molecule has 2 aromatic carbocycles. The van der Waals surface area contributed by atoms with Gasteiger partial charge in [-0.25, -0.2) is 9.37 Å². The molecule has 0 bridgehead atoms. The fourth-order valence-electron chi connectivity index (χ4n) is 2.38. The zero-order valence-electron chi connectivity index (χ0n) is 13.2. The molecule has 0 aliphatic heterocycles. The molecule has 0 amide bonds. The highest BCUT2D eigenvalue weighted by Crippen LogP contribution is 2.19. The molecular weight excluding hydrogens is 307 g/mol. The highest BCUT2D eigenvalue weighted by molar-refractivity contribution is 5.58. The SMILES string of the molecule is COc1ccccc1CCNc1nncc(-c2cccc(F)c2)n1. The zero-order valence-corrected chi connectivity index (χ0v) is 13.2. The van der Waals surface area contributed by atoms with Gasteiger partial charge in [0.25, 0.3) is 0 Å². The van der Waals surface area contributed by atoms with E-state index in [-0.39, 0.29) is 5.82 Å². The van der Waals surface area contributed by atoms with Gasteiger partial charge >= 0.3 is 0 Å². The van der Waals surface area contributed by atoms with Crippen molar-refractivity contribution in [1.82, 2.24) is 15.2 Å². The van der Waals surface area contributed by atoms with Crippen LogP contribution in [-0.2, 0) is 6.42 Å². The van der Waals surface area contributed by atoms with Crippen LogP contribution in [0.1, 0.15) is 5.56 Å². The van der Waals surface area contributed by atoms with Crippen molar-refractivity contribution in [3.8, 4) is 17.0 Å².